The Hall–Kier alpha value is -2.02. The van der Waals surface area contributed by atoms with Crippen LogP contribution in [0.5, 0.6) is 0 Å². The minimum atomic E-state index is -1.27. The van der Waals surface area contributed by atoms with Gasteiger partial charge in [-0.1, -0.05) is 35.9 Å². The van der Waals surface area contributed by atoms with Gasteiger partial charge in [0.05, 0.1) is 0 Å². The first-order valence-corrected chi connectivity index (χ1v) is 6.21. The van der Waals surface area contributed by atoms with Gasteiger partial charge in [0.15, 0.2) is 6.10 Å². The first-order chi connectivity index (χ1) is 9.20. The Morgan fingerprint density at radius 2 is 2.05 bits per heavy atom. The number of aliphatic hydroxyl groups is 1. The summed E-state index contributed by atoms with van der Waals surface area (Å²) in [5, 5.41) is 21.0. The van der Waals surface area contributed by atoms with Crippen LogP contribution >= 0.6 is 11.6 Å². The molecule has 19 heavy (non-hydrogen) atoms. The third-order valence-electron chi connectivity index (χ3n) is 3.16. The predicted octanol–water partition coefficient (Wildman–Crippen LogP) is 0.921. The molecule has 1 aliphatic carbocycles. The SMILES string of the molecule is N#CC(O)C1=c2ccccc2=C2C=C(Cl)C=CC2O1. The van der Waals surface area contributed by atoms with Crippen LogP contribution in [0.4, 0.5) is 0 Å². The fraction of sp³-hybridized carbons (Fsp3) is 0.133. The molecule has 3 rings (SSSR count). The van der Waals surface area contributed by atoms with E-state index in [4.69, 9.17) is 21.6 Å². The molecular formula is C15H10ClNO2. The summed E-state index contributed by atoms with van der Waals surface area (Å²) in [7, 11) is 0. The Kier molecular flexibility index (Phi) is 2.90. The second-order valence-electron chi connectivity index (χ2n) is 4.32. The summed E-state index contributed by atoms with van der Waals surface area (Å²) >= 11 is 6.02. The summed E-state index contributed by atoms with van der Waals surface area (Å²) in [6.45, 7) is 0. The zero-order valence-corrected chi connectivity index (χ0v) is 10.6. The molecule has 0 amide bonds. The van der Waals surface area contributed by atoms with Crippen LogP contribution in [0.1, 0.15) is 0 Å². The number of ether oxygens (including phenoxy) is 1. The Morgan fingerprint density at radius 3 is 2.79 bits per heavy atom. The van der Waals surface area contributed by atoms with Gasteiger partial charge in [0.25, 0.3) is 0 Å². The van der Waals surface area contributed by atoms with Crippen LogP contribution in [-0.2, 0) is 4.74 Å². The lowest BCUT2D eigenvalue weighted by Gasteiger charge is -2.26. The van der Waals surface area contributed by atoms with Crippen molar-refractivity contribution in [2.75, 3.05) is 0 Å². The fourth-order valence-electron chi connectivity index (χ4n) is 2.32. The fourth-order valence-corrected chi connectivity index (χ4v) is 2.51. The number of aliphatic hydroxyl groups excluding tert-OH is 1. The van der Waals surface area contributed by atoms with Crippen molar-refractivity contribution in [3.63, 3.8) is 0 Å². The summed E-state index contributed by atoms with van der Waals surface area (Å²) < 4.78 is 5.73. The van der Waals surface area contributed by atoms with Crippen LogP contribution in [0, 0.1) is 11.3 Å². The van der Waals surface area contributed by atoms with Crippen molar-refractivity contribution in [3.05, 3.63) is 58.0 Å². The topological polar surface area (TPSA) is 53.2 Å². The van der Waals surface area contributed by atoms with Crippen LogP contribution in [0.25, 0.3) is 11.3 Å². The molecule has 1 N–H and O–H groups in total. The van der Waals surface area contributed by atoms with Gasteiger partial charge in [0, 0.05) is 15.8 Å². The van der Waals surface area contributed by atoms with E-state index in [1.165, 1.54) is 0 Å². The van der Waals surface area contributed by atoms with Gasteiger partial charge in [0.2, 0.25) is 0 Å². The largest absolute Gasteiger partial charge is 0.481 e. The van der Waals surface area contributed by atoms with Crippen LogP contribution < -0.4 is 10.4 Å². The summed E-state index contributed by atoms with van der Waals surface area (Å²) in [6, 6.07) is 9.31. The molecule has 0 fully saturated rings. The van der Waals surface area contributed by atoms with E-state index in [1.807, 2.05) is 36.4 Å². The third kappa shape index (κ3) is 1.95. The molecule has 3 nitrogen and oxygen atoms in total. The van der Waals surface area contributed by atoms with Gasteiger partial charge < -0.3 is 9.84 Å². The van der Waals surface area contributed by atoms with Crippen molar-refractivity contribution >= 4 is 22.9 Å². The predicted molar refractivity (Wildman–Crippen MR) is 72.1 cm³/mol. The maximum absolute atomic E-state index is 9.77. The van der Waals surface area contributed by atoms with Crippen molar-refractivity contribution in [3.8, 4) is 6.07 Å². The Labute approximate surface area is 115 Å². The van der Waals surface area contributed by atoms with Crippen molar-refractivity contribution in [2.45, 2.75) is 12.2 Å². The highest BCUT2D eigenvalue weighted by molar-refractivity contribution is 6.32. The van der Waals surface area contributed by atoms with E-state index < -0.39 is 6.10 Å². The molecule has 94 valence electrons. The third-order valence-corrected chi connectivity index (χ3v) is 3.39. The van der Waals surface area contributed by atoms with Gasteiger partial charge in [0.1, 0.15) is 17.9 Å². The zero-order chi connectivity index (χ0) is 13.4. The Bertz CT molecular complexity index is 755. The van der Waals surface area contributed by atoms with Crippen molar-refractivity contribution in [1.29, 1.82) is 5.26 Å². The number of hydrogen-bond acceptors (Lipinski definition) is 3. The monoisotopic (exact) mass is 271 g/mol. The van der Waals surface area contributed by atoms with E-state index in [2.05, 4.69) is 0 Å². The van der Waals surface area contributed by atoms with E-state index in [9.17, 15) is 5.11 Å². The van der Waals surface area contributed by atoms with Gasteiger partial charge in [-0.05, 0) is 23.4 Å². The molecule has 2 atom stereocenters. The van der Waals surface area contributed by atoms with Crippen molar-refractivity contribution in [1.82, 2.24) is 0 Å². The summed E-state index contributed by atoms with van der Waals surface area (Å²) in [5.74, 6) is 0.294. The molecule has 2 unspecified atom stereocenters. The molecule has 0 saturated heterocycles. The smallest absolute Gasteiger partial charge is 0.198 e. The molecule has 1 aromatic rings. The maximum atomic E-state index is 9.77. The Balaban J connectivity index is 2.38. The number of fused-ring (bicyclic) bond motifs is 2. The average molecular weight is 272 g/mol. The van der Waals surface area contributed by atoms with Gasteiger partial charge in [-0.3, -0.25) is 0 Å². The summed E-state index contributed by atoms with van der Waals surface area (Å²) in [5.41, 5.74) is 0.942. The van der Waals surface area contributed by atoms with Crippen LogP contribution in [0.2, 0.25) is 0 Å². The lowest BCUT2D eigenvalue weighted by Crippen LogP contribution is -2.41. The van der Waals surface area contributed by atoms with Gasteiger partial charge >= 0.3 is 0 Å². The lowest BCUT2D eigenvalue weighted by molar-refractivity contribution is 0.176. The highest BCUT2D eigenvalue weighted by Crippen LogP contribution is 2.25. The van der Waals surface area contributed by atoms with E-state index in [0.717, 1.165) is 16.0 Å². The zero-order valence-electron chi connectivity index (χ0n) is 9.88. The van der Waals surface area contributed by atoms with Crippen LogP contribution in [0.3, 0.4) is 0 Å². The molecule has 4 heteroatoms. The lowest BCUT2D eigenvalue weighted by atomic mass is 9.97. The molecule has 0 aromatic heterocycles. The van der Waals surface area contributed by atoms with E-state index in [0.29, 0.717) is 10.8 Å². The number of rotatable bonds is 1. The number of hydrogen-bond donors (Lipinski definition) is 1. The second-order valence-corrected chi connectivity index (χ2v) is 4.76. The number of nitrogens with zero attached hydrogens (tertiary/aromatic N) is 1. The molecule has 1 aromatic carbocycles. The molecule has 1 aliphatic heterocycles. The minimum absolute atomic E-state index is 0.294. The highest BCUT2D eigenvalue weighted by Gasteiger charge is 2.25. The van der Waals surface area contributed by atoms with E-state index in [-0.39, 0.29) is 6.10 Å². The summed E-state index contributed by atoms with van der Waals surface area (Å²) in [4.78, 5) is 0. The molecule has 0 radical (unpaired) electrons. The maximum Gasteiger partial charge on any atom is 0.198 e. The highest BCUT2D eigenvalue weighted by atomic mass is 35.5. The van der Waals surface area contributed by atoms with Crippen molar-refractivity contribution < 1.29 is 9.84 Å². The van der Waals surface area contributed by atoms with Crippen molar-refractivity contribution in [2.24, 2.45) is 0 Å². The minimum Gasteiger partial charge on any atom is -0.481 e. The average Bonchev–Trinajstić information content (AvgIpc) is 2.46. The normalized spacial score (nSPS) is 21.7. The number of allylic oxidation sites excluding steroid dienone is 2. The van der Waals surface area contributed by atoms with E-state index >= 15 is 0 Å². The standard InChI is InChI=1S/C15H10ClNO2/c16-9-5-6-14-12(7-9)10-3-1-2-4-11(10)15(19-14)13(18)8-17/h1-7,13-14,18H. The van der Waals surface area contributed by atoms with E-state index in [1.54, 1.807) is 12.1 Å². The van der Waals surface area contributed by atoms with Gasteiger partial charge in [-0.15, -0.1) is 0 Å². The van der Waals surface area contributed by atoms with Crippen LogP contribution in [0.15, 0.2) is 47.5 Å². The molecule has 0 spiro atoms. The first-order valence-electron chi connectivity index (χ1n) is 5.84. The molecule has 1 heterocycles. The molecular weight excluding hydrogens is 262 g/mol. The number of halogens is 1. The molecule has 0 saturated carbocycles. The van der Waals surface area contributed by atoms with Crippen LogP contribution in [-0.4, -0.2) is 17.3 Å². The quantitative estimate of drug-likeness (QED) is 0.773. The number of benzene rings is 1. The molecule has 0 bridgehead atoms. The number of nitriles is 1. The van der Waals surface area contributed by atoms with Gasteiger partial charge in [-0.25, -0.2) is 0 Å². The van der Waals surface area contributed by atoms with Gasteiger partial charge in [-0.2, -0.15) is 5.26 Å². The first kappa shape index (κ1) is 12.0. The Morgan fingerprint density at radius 1 is 1.32 bits per heavy atom. The molecule has 2 aliphatic rings. The summed E-state index contributed by atoms with van der Waals surface area (Å²) in [6.07, 6.45) is 3.84. The second kappa shape index (κ2) is 4.58.